The van der Waals surface area contributed by atoms with E-state index in [-0.39, 0.29) is 0 Å². The van der Waals surface area contributed by atoms with Gasteiger partial charge in [0.15, 0.2) is 6.29 Å². The number of carbonyl (C=O) groups is 1. The molecule has 0 saturated carbocycles. The van der Waals surface area contributed by atoms with Gasteiger partial charge in [-0.1, -0.05) is 6.08 Å². The van der Waals surface area contributed by atoms with Gasteiger partial charge in [0, 0.05) is 24.8 Å². The molecule has 1 aliphatic rings. The Hall–Kier alpha value is -1.48. The van der Waals surface area contributed by atoms with Crippen molar-refractivity contribution in [2.45, 2.75) is 6.42 Å². The molecule has 78 valence electrons. The van der Waals surface area contributed by atoms with Crippen molar-refractivity contribution in [3.63, 3.8) is 0 Å². The van der Waals surface area contributed by atoms with Gasteiger partial charge in [0.05, 0.1) is 5.69 Å². The van der Waals surface area contributed by atoms with Gasteiger partial charge in [-0.3, -0.25) is 9.78 Å². The average Bonchev–Trinajstić information content (AvgIpc) is 2.30. The summed E-state index contributed by atoms with van der Waals surface area (Å²) in [5, 5.41) is 0. The highest BCUT2D eigenvalue weighted by atomic mass is 16.1. The summed E-state index contributed by atoms with van der Waals surface area (Å²) in [7, 11) is 2.11. The van der Waals surface area contributed by atoms with Crippen LogP contribution in [-0.2, 0) is 0 Å². The number of hydrogen-bond donors (Lipinski definition) is 0. The monoisotopic (exact) mass is 202 g/mol. The zero-order chi connectivity index (χ0) is 10.7. The number of carbonyl (C=O) groups excluding carboxylic acids is 1. The van der Waals surface area contributed by atoms with E-state index in [4.69, 9.17) is 0 Å². The van der Waals surface area contributed by atoms with Crippen LogP contribution in [-0.4, -0.2) is 36.3 Å². The Labute approximate surface area is 89.4 Å². The largest absolute Gasteiger partial charge is 0.302 e. The third kappa shape index (κ3) is 2.30. The summed E-state index contributed by atoms with van der Waals surface area (Å²) in [6.45, 7) is 2.05. The predicted octanol–water partition coefficient (Wildman–Crippen LogP) is 1.61. The van der Waals surface area contributed by atoms with Gasteiger partial charge in [0.1, 0.15) is 0 Å². The van der Waals surface area contributed by atoms with E-state index in [1.165, 1.54) is 5.57 Å². The molecule has 3 heteroatoms. The lowest BCUT2D eigenvalue weighted by Crippen LogP contribution is -2.23. The van der Waals surface area contributed by atoms with E-state index in [9.17, 15) is 4.79 Å². The van der Waals surface area contributed by atoms with E-state index in [2.05, 4.69) is 23.0 Å². The zero-order valence-corrected chi connectivity index (χ0v) is 8.81. The maximum Gasteiger partial charge on any atom is 0.151 e. The Kier molecular flexibility index (Phi) is 2.92. The first-order valence-electron chi connectivity index (χ1n) is 5.09. The molecule has 0 aliphatic carbocycles. The molecule has 1 aliphatic heterocycles. The van der Waals surface area contributed by atoms with Gasteiger partial charge in [-0.15, -0.1) is 0 Å². The highest BCUT2D eigenvalue weighted by Crippen LogP contribution is 2.19. The number of pyridine rings is 1. The van der Waals surface area contributed by atoms with Gasteiger partial charge in [0.2, 0.25) is 0 Å². The number of likely N-dealkylation sites (N-methyl/N-ethyl adjacent to an activating group) is 1. The lowest BCUT2D eigenvalue weighted by atomic mass is 10.0. The number of hydrogen-bond acceptors (Lipinski definition) is 3. The summed E-state index contributed by atoms with van der Waals surface area (Å²) < 4.78 is 0. The molecule has 0 fully saturated rings. The molecule has 15 heavy (non-hydrogen) atoms. The molecule has 0 bridgehead atoms. The molecule has 1 aromatic heterocycles. The van der Waals surface area contributed by atoms with Gasteiger partial charge < -0.3 is 4.90 Å². The van der Waals surface area contributed by atoms with Crippen molar-refractivity contribution in [1.29, 1.82) is 0 Å². The maximum atomic E-state index is 10.5. The summed E-state index contributed by atoms with van der Waals surface area (Å²) in [6, 6.07) is 3.73. The van der Waals surface area contributed by atoms with Gasteiger partial charge in [-0.2, -0.15) is 0 Å². The highest BCUT2D eigenvalue weighted by Gasteiger charge is 2.10. The van der Waals surface area contributed by atoms with E-state index >= 15 is 0 Å². The number of nitrogens with zero attached hydrogens (tertiary/aromatic N) is 2. The Balaban J connectivity index is 2.19. The van der Waals surface area contributed by atoms with E-state index in [1.54, 1.807) is 6.20 Å². The fraction of sp³-hybridized carbons (Fsp3) is 0.333. The summed E-state index contributed by atoms with van der Waals surface area (Å²) in [5.41, 5.74) is 2.91. The molecule has 2 heterocycles. The molecule has 0 spiro atoms. The molecule has 0 amide bonds. The minimum Gasteiger partial charge on any atom is -0.302 e. The minimum atomic E-state index is 0.632. The first-order valence-corrected chi connectivity index (χ1v) is 5.09. The molecular weight excluding hydrogens is 188 g/mol. The molecular formula is C12H14N2O. The Morgan fingerprint density at radius 3 is 2.87 bits per heavy atom. The number of aldehydes is 1. The van der Waals surface area contributed by atoms with E-state index in [1.807, 2.05) is 12.1 Å². The molecule has 2 rings (SSSR count). The molecule has 3 nitrogen and oxygen atoms in total. The quantitative estimate of drug-likeness (QED) is 0.683. The second-order valence-corrected chi connectivity index (χ2v) is 3.84. The summed E-state index contributed by atoms with van der Waals surface area (Å²) in [4.78, 5) is 17.0. The predicted molar refractivity (Wildman–Crippen MR) is 59.7 cm³/mol. The van der Waals surface area contributed by atoms with Crippen LogP contribution in [0, 0.1) is 0 Å². The molecule has 0 saturated heterocycles. The fourth-order valence-corrected chi connectivity index (χ4v) is 1.67. The zero-order valence-electron chi connectivity index (χ0n) is 8.81. The molecule has 0 N–H and O–H groups in total. The van der Waals surface area contributed by atoms with Crippen molar-refractivity contribution in [3.05, 3.63) is 35.7 Å². The van der Waals surface area contributed by atoms with Crippen molar-refractivity contribution in [1.82, 2.24) is 9.88 Å². The van der Waals surface area contributed by atoms with Crippen LogP contribution in [0.15, 0.2) is 24.4 Å². The van der Waals surface area contributed by atoms with E-state index in [0.29, 0.717) is 5.56 Å². The molecule has 0 unspecified atom stereocenters. The van der Waals surface area contributed by atoms with Crippen molar-refractivity contribution < 1.29 is 4.79 Å². The Bertz CT molecular complexity index is 381. The molecule has 0 atom stereocenters. The minimum absolute atomic E-state index is 0.632. The topological polar surface area (TPSA) is 33.2 Å². The Morgan fingerprint density at radius 2 is 2.33 bits per heavy atom. The van der Waals surface area contributed by atoms with Crippen molar-refractivity contribution in [2.75, 3.05) is 20.1 Å². The first kappa shape index (κ1) is 10.1. The first-order chi connectivity index (χ1) is 7.29. The molecule has 0 radical (unpaired) electrons. The lowest BCUT2D eigenvalue weighted by molar-refractivity contribution is 0.112. The summed E-state index contributed by atoms with van der Waals surface area (Å²) >= 11 is 0. The summed E-state index contributed by atoms with van der Waals surface area (Å²) in [5.74, 6) is 0. The smallest absolute Gasteiger partial charge is 0.151 e. The fourth-order valence-electron chi connectivity index (χ4n) is 1.67. The van der Waals surface area contributed by atoms with Crippen LogP contribution in [0.4, 0.5) is 0 Å². The number of rotatable bonds is 2. The highest BCUT2D eigenvalue weighted by molar-refractivity contribution is 5.75. The molecule has 1 aromatic rings. The molecule has 0 aromatic carbocycles. The van der Waals surface area contributed by atoms with E-state index < -0.39 is 0 Å². The van der Waals surface area contributed by atoms with Crippen LogP contribution in [0.25, 0.3) is 5.57 Å². The van der Waals surface area contributed by atoms with E-state index in [0.717, 1.165) is 31.5 Å². The van der Waals surface area contributed by atoms with Crippen LogP contribution in [0.3, 0.4) is 0 Å². The standard InChI is InChI=1S/C12H14N2O/c1-14-6-4-11(5-7-14)12-3-2-10(9-15)8-13-12/h2-4,8-9H,5-7H2,1H3. The van der Waals surface area contributed by atoms with Crippen molar-refractivity contribution >= 4 is 11.9 Å². The lowest BCUT2D eigenvalue weighted by Gasteiger charge is -2.21. The third-order valence-corrected chi connectivity index (χ3v) is 2.66. The van der Waals surface area contributed by atoms with Crippen LogP contribution in [0.1, 0.15) is 22.5 Å². The number of aromatic nitrogens is 1. The van der Waals surface area contributed by atoms with Crippen LogP contribution < -0.4 is 0 Å². The van der Waals surface area contributed by atoms with Crippen LogP contribution in [0.2, 0.25) is 0 Å². The Morgan fingerprint density at radius 1 is 1.47 bits per heavy atom. The van der Waals surface area contributed by atoms with Crippen molar-refractivity contribution in [2.24, 2.45) is 0 Å². The SMILES string of the molecule is CN1CC=C(c2ccc(C=O)cn2)CC1. The average molecular weight is 202 g/mol. The van der Waals surface area contributed by atoms with Gasteiger partial charge in [-0.25, -0.2) is 0 Å². The normalized spacial score (nSPS) is 17.3. The second kappa shape index (κ2) is 4.36. The second-order valence-electron chi connectivity index (χ2n) is 3.84. The van der Waals surface area contributed by atoms with Gasteiger partial charge in [0.25, 0.3) is 0 Å². The van der Waals surface area contributed by atoms with Crippen LogP contribution >= 0.6 is 0 Å². The maximum absolute atomic E-state index is 10.5. The van der Waals surface area contributed by atoms with Crippen LogP contribution in [0.5, 0.6) is 0 Å². The third-order valence-electron chi connectivity index (χ3n) is 2.66. The van der Waals surface area contributed by atoms with Crippen molar-refractivity contribution in [3.8, 4) is 0 Å². The van der Waals surface area contributed by atoms with Gasteiger partial charge in [-0.05, 0) is 31.2 Å². The summed E-state index contributed by atoms with van der Waals surface area (Å²) in [6.07, 6.45) is 5.68. The van der Waals surface area contributed by atoms with Gasteiger partial charge >= 0.3 is 0 Å².